The van der Waals surface area contributed by atoms with Gasteiger partial charge in [-0.3, -0.25) is 9.48 Å². The second-order valence-electron chi connectivity index (χ2n) is 6.66. The van der Waals surface area contributed by atoms with Gasteiger partial charge in [0.05, 0.1) is 17.4 Å². The summed E-state index contributed by atoms with van der Waals surface area (Å²) in [5.74, 6) is -0.348. The number of benzene rings is 1. The molecule has 10 heteroatoms. The molecule has 1 aromatic carbocycles. The van der Waals surface area contributed by atoms with E-state index in [0.717, 1.165) is 20.5 Å². The van der Waals surface area contributed by atoms with E-state index in [9.17, 15) is 13.2 Å². The van der Waals surface area contributed by atoms with Gasteiger partial charge in [-0.05, 0) is 38.7 Å². The summed E-state index contributed by atoms with van der Waals surface area (Å²) in [7, 11) is -2.37. The highest BCUT2D eigenvalue weighted by molar-refractivity contribution is 7.98. The summed E-state index contributed by atoms with van der Waals surface area (Å²) in [4.78, 5) is 13.9. The summed E-state index contributed by atoms with van der Waals surface area (Å²) >= 11 is 1.52. The number of carbonyl (C=O) groups excluding carboxylic acids is 1. The Morgan fingerprint density at radius 3 is 2.75 bits per heavy atom. The first-order valence-corrected chi connectivity index (χ1v) is 11.7. The number of carbonyl (C=O) groups is 1. The molecule has 3 rings (SSSR count). The van der Waals surface area contributed by atoms with Gasteiger partial charge in [0.15, 0.2) is 0 Å². The van der Waals surface area contributed by atoms with Gasteiger partial charge in [-0.25, -0.2) is 0 Å². The van der Waals surface area contributed by atoms with Crippen LogP contribution in [-0.2, 0) is 21.5 Å². The van der Waals surface area contributed by atoms with Crippen LogP contribution in [0, 0.1) is 6.92 Å². The molecule has 2 aromatic rings. The van der Waals surface area contributed by atoms with Crippen molar-refractivity contribution in [1.29, 1.82) is 0 Å². The maximum Gasteiger partial charge on any atom is 0.280 e. The fourth-order valence-electron chi connectivity index (χ4n) is 3.31. The van der Waals surface area contributed by atoms with E-state index < -0.39 is 22.3 Å². The molecule has 152 valence electrons. The monoisotopic (exact) mass is 423 g/mol. The van der Waals surface area contributed by atoms with Crippen molar-refractivity contribution in [1.82, 2.24) is 18.8 Å². The minimum atomic E-state index is -3.79. The van der Waals surface area contributed by atoms with Crippen LogP contribution >= 0.6 is 11.8 Å². The Hall–Kier alpha value is -1.88. The summed E-state index contributed by atoms with van der Waals surface area (Å²) in [6.45, 7) is 4.50. The normalized spacial score (nSPS) is 22.1. The molecule has 0 spiro atoms. The topological polar surface area (TPSA) is 96.3 Å². The highest BCUT2D eigenvalue weighted by Crippen LogP contribution is 2.31. The molecule has 8 nitrogen and oxygen atoms in total. The lowest BCUT2D eigenvalue weighted by molar-refractivity contribution is -0.120. The van der Waals surface area contributed by atoms with E-state index in [4.69, 9.17) is 0 Å². The van der Waals surface area contributed by atoms with Crippen molar-refractivity contribution < 1.29 is 13.2 Å². The van der Waals surface area contributed by atoms with Crippen LogP contribution < -0.4 is 10.0 Å². The Labute approximate surface area is 169 Å². The van der Waals surface area contributed by atoms with Crippen molar-refractivity contribution in [2.24, 2.45) is 0 Å². The van der Waals surface area contributed by atoms with Gasteiger partial charge >= 0.3 is 0 Å². The summed E-state index contributed by atoms with van der Waals surface area (Å²) in [5, 5.41) is 7.28. The molecular formula is C18H25N5O3S2. The smallest absolute Gasteiger partial charge is 0.280 e. The van der Waals surface area contributed by atoms with Crippen molar-refractivity contribution in [3.63, 3.8) is 0 Å². The van der Waals surface area contributed by atoms with Crippen LogP contribution in [0.25, 0.3) is 0 Å². The van der Waals surface area contributed by atoms with Gasteiger partial charge < -0.3 is 5.32 Å². The summed E-state index contributed by atoms with van der Waals surface area (Å²) in [6.07, 6.45) is 4.08. The number of aromatic nitrogens is 2. The molecule has 0 unspecified atom stereocenters. The average molecular weight is 424 g/mol. The SMILES string of the molecule is CCn1cc([C@H]2C[C@@H](C(=O)Nc3ccccc3SC)N(C)S(=O)(=O)N2)c(C)n1. The number of anilines is 1. The Kier molecular flexibility index (Phi) is 6.13. The van der Waals surface area contributed by atoms with Gasteiger partial charge in [0.2, 0.25) is 5.91 Å². The van der Waals surface area contributed by atoms with Crippen molar-refractivity contribution in [2.75, 3.05) is 18.6 Å². The first-order valence-electron chi connectivity index (χ1n) is 9.00. The maximum absolute atomic E-state index is 13.0. The Bertz CT molecular complexity index is 973. The number of likely N-dealkylation sites (N-methyl/N-ethyl adjacent to an activating group) is 1. The molecule has 0 saturated carbocycles. The first-order chi connectivity index (χ1) is 13.3. The third-order valence-electron chi connectivity index (χ3n) is 4.92. The molecule has 1 saturated heterocycles. The van der Waals surface area contributed by atoms with Gasteiger partial charge in [0.25, 0.3) is 10.2 Å². The number of aryl methyl sites for hydroxylation is 2. The lowest BCUT2D eigenvalue weighted by atomic mass is 10.00. The molecule has 1 aliphatic rings. The van der Waals surface area contributed by atoms with Crippen LogP contribution in [0.5, 0.6) is 0 Å². The molecule has 1 amide bonds. The number of thioether (sulfide) groups is 1. The number of hydrogen-bond donors (Lipinski definition) is 2. The molecule has 0 radical (unpaired) electrons. The van der Waals surface area contributed by atoms with Gasteiger partial charge in [-0.2, -0.15) is 22.5 Å². The fraction of sp³-hybridized carbons (Fsp3) is 0.444. The quantitative estimate of drug-likeness (QED) is 0.719. The number of nitrogens with zero attached hydrogens (tertiary/aromatic N) is 3. The molecule has 2 atom stereocenters. The molecule has 0 aliphatic carbocycles. The third kappa shape index (κ3) is 4.09. The van der Waals surface area contributed by atoms with E-state index in [0.29, 0.717) is 18.7 Å². The molecule has 0 bridgehead atoms. The van der Waals surface area contributed by atoms with Crippen LogP contribution in [0.2, 0.25) is 0 Å². The van der Waals surface area contributed by atoms with E-state index in [1.54, 1.807) is 4.68 Å². The number of para-hydroxylation sites is 1. The van der Waals surface area contributed by atoms with Crippen molar-refractivity contribution in [3.05, 3.63) is 41.7 Å². The molecule has 1 fully saturated rings. The minimum absolute atomic E-state index is 0.319. The van der Waals surface area contributed by atoms with Crippen molar-refractivity contribution in [2.45, 2.75) is 43.8 Å². The second-order valence-corrected chi connectivity index (χ2v) is 9.27. The average Bonchev–Trinajstić information content (AvgIpc) is 3.05. The second kappa shape index (κ2) is 8.24. The number of hydrogen-bond acceptors (Lipinski definition) is 5. The molecule has 2 heterocycles. The molecular weight excluding hydrogens is 398 g/mol. The van der Waals surface area contributed by atoms with E-state index in [1.165, 1.54) is 18.8 Å². The Balaban J connectivity index is 1.88. The van der Waals surface area contributed by atoms with Crippen LogP contribution in [0.3, 0.4) is 0 Å². The minimum Gasteiger partial charge on any atom is -0.324 e. The highest BCUT2D eigenvalue weighted by atomic mass is 32.2. The predicted molar refractivity (Wildman–Crippen MR) is 110 cm³/mol. The van der Waals surface area contributed by atoms with E-state index in [1.807, 2.05) is 50.6 Å². The highest BCUT2D eigenvalue weighted by Gasteiger charge is 2.41. The number of nitrogens with one attached hydrogen (secondary N) is 2. The summed E-state index contributed by atoms with van der Waals surface area (Å²) in [6, 6.07) is 6.13. The van der Waals surface area contributed by atoms with Crippen LogP contribution in [0.15, 0.2) is 35.4 Å². The van der Waals surface area contributed by atoms with Crippen LogP contribution in [0.4, 0.5) is 5.69 Å². The van der Waals surface area contributed by atoms with E-state index in [-0.39, 0.29) is 5.91 Å². The van der Waals surface area contributed by atoms with E-state index >= 15 is 0 Å². The van der Waals surface area contributed by atoms with E-state index in [2.05, 4.69) is 15.1 Å². The summed E-state index contributed by atoms with van der Waals surface area (Å²) < 4.78 is 30.8. The van der Waals surface area contributed by atoms with Gasteiger partial charge in [-0.15, -0.1) is 11.8 Å². The molecule has 2 N–H and O–H groups in total. The Morgan fingerprint density at radius 1 is 1.39 bits per heavy atom. The maximum atomic E-state index is 13.0. The Morgan fingerprint density at radius 2 is 2.11 bits per heavy atom. The van der Waals surface area contributed by atoms with Crippen molar-refractivity contribution in [3.8, 4) is 0 Å². The summed E-state index contributed by atoms with van der Waals surface area (Å²) in [5.41, 5.74) is 2.22. The zero-order valence-electron chi connectivity index (χ0n) is 16.3. The van der Waals surface area contributed by atoms with Crippen molar-refractivity contribution >= 4 is 33.6 Å². The largest absolute Gasteiger partial charge is 0.324 e. The van der Waals surface area contributed by atoms with Crippen LogP contribution in [-0.4, -0.2) is 47.8 Å². The molecule has 28 heavy (non-hydrogen) atoms. The van der Waals surface area contributed by atoms with Crippen LogP contribution in [0.1, 0.15) is 30.6 Å². The van der Waals surface area contributed by atoms with Gasteiger partial charge in [-0.1, -0.05) is 12.1 Å². The lowest BCUT2D eigenvalue weighted by Crippen LogP contribution is -2.56. The lowest BCUT2D eigenvalue weighted by Gasteiger charge is -2.36. The van der Waals surface area contributed by atoms with Gasteiger partial charge in [0, 0.05) is 30.2 Å². The van der Waals surface area contributed by atoms with Gasteiger partial charge in [0.1, 0.15) is 6.04 Å². The first kappa shape index (κ1) is 20.8. The number of rotatable bonds is 5. The predicted octanol–water partition coefficient (Wildman–Crippen LogP) is 2.15. The zero-order valence-corrected chi connectivity index (χ0v) is 18.0. The number of amides is 1. The molecule has 1 aliphatic heterocycles. The molecule has 1 aromatic heterocycles. The third-order valence-corrected chi connectivity index (χ3v) is 7.31. The fourth-order valence-corrected chi connectivity index (χ4v) is 5.13. The zero-order chi connectivity index (χ0) is 20.5. The standard InChI is InChI=1S/C18H25N5O3S2/c1-5-23-11-13(12(2)20-23)15-10-16(22(3)28(25,26)21-15)18(24)19-14-8-6-7-9-17(14)27-4/h6-9,11,15-16,21H,5,10H2,1-4H3,(H,19,24)/t15-,16+/m1/s1.